The monoisotopic (exact) mass is 265 g/mol. The fourth-order valence-corrected chi connectivity index (χ4v) is 4.41. The molecule has 0 bridgehead atoms. The predicted octanol–water partition coefficient (Wildman–Crippen LogP) is 3.89. The molecular formula is C17H31NO. The lowest BCUT2D eigenvalue weighted by molar-refractivity contribution is -0.0353. The van der Waals surface area contributed by atoms with E-state index in [0.29, 0.717) is 11.7 Å². The van der Waals surface area contributed by atoms with E-state index in [2.05, 4.69) is 12.2 Å². The van der Waals surface area contributed by atoms with Crippen LogP contribution < -0.4 is 5.32 Å². The van der Waals surface area contributed by atoms with Gasteiger partial charge in [0.1, 0.15) is 0 Å². The van der Waals surface area contributed by atoms with Crippen LogP contribution in [0.5, 0.6) is 0 Å². The van der Waals surface area contributed by atoms with Crippen molar-refractivity contribution in [2.75, 3.05) is 13.1 Å². The fourth-order valence-electron chi connectivity index (χ4n) is 4.41. The molecule has 1 N–H and O–H groups in total. The molecule has 0 amide bonds. The first-order chi connectivity index (χ1) is 9.26. The smallest absolute Gasteiger partial charge is 0.0708 e. The summed E-state index contributed by atoms with van der Waals surface area (Å²) in [5.74, 6) is 1.90. The second kappa shape index (κ2) is 6.13. The molecule has 1 saturated heterocycles. The van der Waals surface area contributed by atoms with Crippen molar-refractivity contribution < 1.29 is 4.74 Å². The summed E-state index contributed by atoms with van der Waals surface area (Å²) < 4.78 is 6.35. The molecule has 110 valence electrons. The minimum atomic E-state index is 0.312. The Bertz CT molecular complexity index is 277. The van der Waals surface area contributed by atoms with Crippen LogP contribution in [0.25, 0.3) is 0 Å². The topological polar surface area (TPSA) is 21.3 Å². The van der Waals surface area contributed by atoms with Crippen LogP contribution in [0.2, 0.25) is 0 Å². The van der Waals surface area contributed by atoms with Gasteiger partial charge in [-0.05, 0) is 56.9 Å². The Hall–Kier alpha value is -0.0800. The summed E-state index contributed by atoms with van der Waals surface area (Å²) in [5, 5.41) is 3.69. The standard InChI is InChI=1S/C17H31NO/c1-14-4-6-15(7-5-14)12-18-13-16-8-11-17(19-16)9-2-3-10-17/h14-16,18H,2-13H2,1H3. The third-order valence-electron chi connectivity index (χ3n) is 5.79. The van der Waals surface area contributed by atoms with Gasteiger partial charge in [-0.15, -0.1) is 0 Å². The van der Waals surface area contributed by atoms with Crippen molar-refractivity contribution >= 4 is 0 Å². The largest absolute Gasteiger partial charge is 0.370 e. The van der Waals surface area contributed by atoms with Gasteiger partial charge in [-0.3, -0.25) is 0 Å². The lowest BCUT2D eigenvalue weighted by Gasteiger charge is -2.27. The molecule has 2 saturated carbocycles. The van der Waals surface area contributed by atoms with Gasteiger partial charge < -0.3 is 10.1 Å². The summed E-state index contributed by atoms with van der Waals surface area (Å²) in [7, 11) is 0. The minimum Gasteiger partial charge on any atom is -0.370 e. The Morgan fingerprint density at radius 1 is 0.947 bits per heavy atom. The second-order valence-corrected chi connectivity index (χ2v) is 7.45. The molecule has 0 aromatic rings. The van der Waals surface area contributed by atoms with E-state index in [-0.39, 0.29) is 0 Å². The first kappa shape index (κ1) is 13.9. The number of nitrogens with one attached hydrogen (secondary N) is 1. The number of hydrogen-bond donors (Lipinski definition) is 1. The van der Waals surface area contributed by atoms with E-state index < -0.39 is 0 Å². The average Bonchev–Trinajstić information content (AvgIpc) is 3.03. The Labute approximate surface area is 118 Å². The van der Waals surface area contributed by atoms with Crippen LogP contribution in [0.3, 0.4) is 0 Å². The normalized spacial score (nSPS) is 38.1. The van der Waals surface area contributed by atoms with Gasteiger partial charge in [-0.2, -0.15) is 0 Å². The molecule has 3 aliphatic rings. The molecule has 2 heteroatoms. The van der Waals surface area contributed by atoms with E-state index in [9.17, 15) is 0 Å². The molecule has 0 aromatic heterocycles. The van der Waals surface area contributed by atoms with Crippen LogP contribution in [-0.4, -0.2) is 24.8 Å². The highest BCUT2D eigenvalue weighted by molar-refractivity contribution is 4.93. The molecular weight excluding hydrogens is 234 g/mol. The number of rotatable bonds is 4. The molecule has 0 aromatic carbocycles. The van der Waals surface area contributed by atoms with Gasteiger partial charge in [-0.1, -0.05) is 32.6 Å². The maximum atomic E-state index is 6.35. The highest BCUT2D eigenvalue weighted by Crippen LogP contribution is 2.43. The van der Waals surface area contributed by atoms with Crippen LogP contribution in [0.15, 0.2) is 0 Å². The highest BCUT2D eigenvalue weighted by atomic mass is 16.5. The Balaban J connectivity index is 1.33. The molecule has 1 heterocycles. The summed E-state index contributed by atoms with van der Waals surface area (Å²) in [4.78, 5) is 0. The summed E-state index contributed by atoms with van der Waals surface area (Å²) in [6.45, 7) is 4.71. The Kier molecular flexibility index (Phi) is 4.48. The third kappa shape index (κ3) is 3.52. The summed E-state index contributed by atoms with van der Waals surface area (Å²) in [6.07, 6.45) is 14.3. The molecule has 1 atom stereocenters. The van der Waals surface area contributed by atoms with Crippen molar-refractivity contribution in [1.29, 1.82) is 0 Å². The zero-order chi connectivity index (χ0) is 13.1. The van der Waals surface area contributed by atoms with E-state index in [1.165, 1.54) is 70.8 Å². The fraction of sp³-hybridized carbons (Fsp3) is 1.00. The molecule has 2 nitrogen and oxygen atoms in total. The molecule has 0 radical (unpaired) electrons. The van der Waals surface area contributed by atoms with Crippen LogP contribution in [0.1, 0.15) is 71.1 Å². The van der Waals surface area contributed by atoms with Crippen molar-refractivity contribution in [3.63, 3.8) is 0 Å². The first-order valence-corrected chi connectivity index (χ1v) is 8.64. The van der Waals surface area contributed by atoms with Gasteiger partial charge in [0.2, 0.25) is 0 Å². The van der Waals surface area contributed by atoms with Gasteiger partial charge in [0, 0.05) is 6.54 Å². The zero-order valence-electron chi connectivity index (χ0n) is 12.6. The van der Waals surface area contributed by atoms with Crippen molar-refractivity contribution in [3.05, 3.63) is 0 Å². The van der Waals surface area contributed by atoms with Crippen LogP contribution >= 0.6 is 0 Å². The highest BCUT2D eigenvalue weighted by Gasteiger charge is 2.41. The Morgan fingerprint density at radius 3 is 2.42 bits per heavy atom. The van der Waals surface area contributed by atoms with Crippen molar-refractivity contribution in [2.45, 2.75) is 82.8 Å². The van der Waals surface area contributed by atoms with E-state index in [1.807, 2.05) is 0 Å². The molecule has 1 aliphatic heterocycles. The molecule has 3 fully saturated rings. The molecule has 2 aliphatic carbocycles. The van der Waals surface area contributed by atoms with E-state index in [0.717, 1.165) is 18.4 Å². The van der Waals surface area contributed by atoms with Crippen molar-refractivity contribution in [3.8, 4) is 0 Å². The quantitative estimate of drug-likeness (QED) is 0.832. The van der Waals surface area contributed by atoms with Crippen molar-refractivity contribution in [2.24, 2.45) is 11.8 Å². The summed E-state index contributed by atoms with van der Waals surface area (Å²) in [6, 6.07) is 0. The van der Waals surface area contributed by atoms with Gasteiger partial charge in [0.25, 0.3) is 0 Å². The number of hydrogen-bond acceptors (Lipinski definition) is 2. The maximum Gasteiger partial charge on any atom is 0.0708 e. The number of ether oxygens (including phenoxy) is 1. The van der Waals surface area contributed by atoms with Gasteiger partial charge in [-0.25, -0.2) is 0 Å². The van der Waals surface area contributed by atoms with Crippen LogP contribution in [0.4, 0.5) is 0 Å². The minimum absolute atomic E-state index is 0.312. The summed E-state index contributed by atoms with van der Waals surface area (Å²) in [5.41, 5.74) is 0.312. The first-order valence-electron chi connectivity index (χ1n) is 8.64. The lowest BCUT2D eigenvalue weighted by Crippen LogP contribution is -2.34. The second-order valence-electron chi connectivity index (χ2n) is 7.45. The van der Waals surface area contributed by atoms with Gasteiger partial charge in [0.05, 0.1) is 11.7 Å². The maximum absolute atomic E-state index is 6.35. The van der Waals surface area contributed by atoms with E-state index in [4.69, 9.17) is 4.74 Å². The third-order valence-corrected chi connectivity index (χ3v) is 5.79. The van der Waals surface area contributed by atoms with Gasteiger partial charge in [0.15, 0.2) is 0 Å². The van der Waals surface area contributed by atoms with Crippen molar-refractivity contribution in [1.82, 2.24) is 5.32 Å². The Morgan fingerprint density at radius 2 is 1.68 bits per heavy atom. The van der Waals surface area contributed by atoms with Crippen LogP contribution in [0, 0.1) is 11.8 Å². The predicted molar refractivity (Wildman–Crippen MR) is 79.3 cm³/mol. The van der Waals surface area contributed by atoms with Gasteiger partial charge >= 0.3 is 0 Å². The molecule has 3 rings (SSSR count). The zero-order valence-corrected chi connectivity index (χ0v) is 12.6. The van der Waals surface area contributed by atoms with E-state index >= 15 is 0 Å². The van der Waals surface area contributed by atoms with Crippen LogP contribution in [-0.2, 0) is 4.74 Å². The average molecular weight is 265 g/mol. The molecule has 1 spiro atoms. The molecule has 1 unspecified atom stereocenters. The molecule has 19 heavy (non-hydrogen) atoms. The lowest BCUT2D eigenvalue weighted by atomic mass is 9.83. The summed E-state index contributed by atoms with van der Waals surface area (Å²) >= 11 is 0. The van der Waals surface area contributed by atoms with E-state index in [1.54, 1.807) is 0 Å². The SMILES string of the molecule is CC1CCC(CNCC2CCC3(CCCC3)O2)CC1.